The second kappa shape index (κ2) is 12.1. The van der Waals surface area contributed by atoms with E-state index < -0.39 is 23.5 Å². The lowest BCUT2D eigenvalue weighted by atomic mass is 10.8. The Balaban J connectivity index is -0.0000000739. The van der Waals surface area contributed by atoms with Crippen LogP contribution in [0.1, 0.15) is 6.92 Å². The van der Waals surface area contributed by atoms with Crippen LogP contribution in [0.25, 0.3) is 0 Å². The quantitative estimate of drug-likeness (QED) is 0.180. The molecule has 0 aliphatic heterocycles. The van der Waals surface area contributed by atoms with Crippen molar-refractivity contribution in [3.63, 3.8) is 0 Å². The van der Waals surface area contributed by atoms with Crippen LogP contribution in [0.15, 0.2) is 12.7 Å². The first-order valence-corrected chi connectivity index (χ1v) is 8.03. The van der Waals surface area contributed by atoms with Gasteiger partial charge in [-0.15, -0.1) is 6.58 Å². The Morgan fingerprint density at radius 2 is 0.667 bits per heavy atom. The summed E-state index contributed by atoms with van der Waals surface area (Å²) in [5.74, 6) is 0. The molecule has 0 aromatic heterocycles. The molecular formula is C3H15O12P3. The van der Waals surface area contributed by atoms with E-state index in [2.05, 4.69) is 6.58 Å². The molecule has 0 aliphatic carbocycles. The summed E-state index contributed by atoms with van der Waals surface area (Å²) in [6.07, 6.45) is 1.75. The highest BCUT2D eigenvalue weighted by Gasteiger charge is 2.01. The molecule has 0 saturated carbocycles. The lowest BCUT2D eigenvalue weighted by molar-refractivity contribution is 0.272. The van der Waals surface area contributed by atoms with Gasteiger partial charge in [0.25, 0.3) is 0 Å². The second-order valence-electron chi connectivity index (χ2n) is 1.95. The standard InChI is InChI=1S/C3H6.3H3O4P/c1-3-2;3*1-5(2,3)4/h3H,1H2,2H3;3*(H3,1,2,3,4). The van der Waals surface area contributed by atoms with Gasteiger partial charge in [0.1, 0.15) is 0 Å². The molecule has 0 unspecified atom stereocenters. The number of hydrogen-bond acceptors (Lipinski definition) is 3. The van der Waals surface area contributed by atoms with Crippen LogP contribution in [-0.4, -0.2) is 44.0 Å². The third kappa shape index (κ3) is 745000. The minimum atomic E-state index is -4.64. The minimum Gasteiger partial charge on any atom is -0.303 e. The van der Waals surface area contributed by atoms with Gasteiger partial charge >= 0.3 is 23.5 Å². The monoisotopic (exact) mass is 336 g/mol. The third-order valence-corrected chi connectivity index (χ3v) is 0. The van der Waals surface area contributed by atoms with Gasteiger partial charge in [0, 0.05) is 0 Å². The molecule has 0 atom stereocenters. The van der Waals surface area contributed by atoms with Crippen LogP contribution in [0.3, 0.4) is 0 Å². The molecule has 12 nitrogen and oxygen atoms in total. The van der Waals surface area contributed by atoms with Gasteiger partial charge in [-0.25, -0.2) is 13.7 Å². The Morgan fingerprint density at radius 1 is 0.667 bits per heavy atom. The largest absolute Gasteiger partial charge is 0.466 e. The smallest absolute Gasteiger partial charge is 0.303 e. The van der Waals surface area contributed by atoms with Gasteiger partial charge in [-0.3, -0.25) is 0 Å². The fourth-order valence-electron chi connectivity index (χ4n) is 0. The van der Waals surface area contributed by atoms with E-state index in [-0.39, 0.29) is 0 Å². The van der Waals surface area contributed by atoms with Gasteiger partial charge in [-0.2, -0.15) is 0 Å². The van der Waals surface area contributed by atoms with Crippen molar-refractivity contribution >= 4 is 23.5 Å². The van der Waals surface area contributed by atoms with E-state index in [1.54, 1.807) is 6.08 Å². The van der Waals surface area contributed by atoms with Crippen molar-refractivity contribution in [1.82, 2.24) is 0 Å². The molecular weight excluding hydrogens is 321 g/mol. The fraction of sp³-hybridized carbons (Fsp3) is 0.333. The normalized spacial score (nSPS) is 10.6. The Kier molecular flexibility index (Phi) is 17.9. The Morgan fingerprint density at radius 3 is 0.667 bits per heavy atom. The summed E-state index contributed by atoms with van der Waals surface area (Å²) in [6.45, 7) is 5.25. The van der Waals surface area contributed by atoms with Crippen molar-refractivity contribution in [2.75, 3.05) is 0 Å². The van der Waals surface area contributed by atoms with E-state index in [9.17, 15) is 0 Å². The molecule has 0 bridgehead atoms. The first-order chi connectivity index (χ1) is 7.41. The molecule has 0 rings (SSSR count). The molecule has 15 heteroatoms. The van der Waals surface area contributed by atoms with Gasteiger partial charge in [0.15, 0.2) is 0 Å². The zero-order valence-electron chi connectivity index (χ0n) is 8.88. The van der Waals surface area contributed by atoms with Crippen LogP contribution in [0.4, 0.5) is 0 Å². The number of rotatable bonds is 0. The summed E-state index contributed by atoms with van der Waals surface area (Å²) in [5, 5.41) is 0. The lowest BCUT2D eigenvalue weighted by Gasteiger charge is -1.82. The number of allylic oxidation sites excluding steroid dienone is 1. The summed E-state index contributed by atoms with van der Waals surface area (Å²) >= 11 is 0. The van der Waals surface area contributed by atoms with Crippen molar-refractivity contribution in [2.45, 2.75) is 6.92 Å². The molecule has 0 amide bonds. The molecule has 0 spiro atoms. The average molecular weight is 336 g/mol. The molecule has 0 heterocycles. The highest BCUT2D eigenvalue weighted by atomic mass is 31.2. The zero-order valence-corrected chi connectivity index (χ0v) is 11.6. The van der Waals surface area contributed by atoms with Gasteiger partial charge in [0.2, 0.25) is 0 Å². The van der Waals surface area contributed by atoms with Crippen LogP contribution >= 0.6 is 23.5 Å². The molecule has 0 radical (unpaired) electrons. The topological polar surface area (TPSA) is 233 Å². The van der Waals surface area contributed by atoms with Crippen LogP contribution in [0.2, 0.25) is 0 Å². The maximum atomic E-state index is 8.88. The number of hydrogen-bond donors (Lipinski definition) is 9. The summed E-state index contributed by atoms with van der Waals surface area (Å²) in [5.41, 5.74) is 0. The maximum absolute atomic E-state index is 8.88. The highest BCUT2D eigenvalue weighted by molar-refractivity contribution is 7.45. The predicted octanol–water partition coefficient (Wildman–Crippen LogP) is -1.59. The lowest BCUT2D eigenvalue weighted by Crippen LogP contribution is -1.66. The van der Waals surface area contributed by atoms with Gasteiger partial charge in [0.05, 0.1) is 0 Å². The van der Waals surface area contributed by atoms with Gasteiger partial charge < -0.3 is 44.0 Å². The van der Waals surface area contributed by atoms with Crippen molar-refractivity contribution in [3.05, 3.63) is 12.7 Å². The molecule has 0 aromatic carbocycles. The molecule has 0 aliphatic rings. The average Bonchev–Trinajstić information content (AvgIpc) is 1.71. The van der Waals surface area contributed by atoms with Crippen LogP contribution < -0.4 is 0 Å². The molecule has 0 aromatic rings. The van der Waals surface area contributed by atoms with Crippen molar-refractivity contribution in [3.8, 4) is 0 Å². The van der Waals surface area contributed by atoms with E-state index in [4.69, 9.17) is 57.7 Å². The summed E-state index contributed by atoms with van der Waals surface area (Å²) < 4.78 is 26.6. The van der Waals surface area contributed by atoms with E-state index in [0.29, 0.717) is 0 Å². The summed E-state index contributed by atoms with van der Waals surface area (Å²) in [6, 6.07) is 0. The van der Waals surface area contributed by atoms with E-state index in [1.807, 2.05) is 6.92 Å². The maximum Gasteiger partial charge on any atom is 0.466 e. The van der Waals surface area contributed by atoms with Crippen molar-refractivity contribution in [2.24, 2.45) is 0 Å². The summed E-state index contributed by atoms with van der Waals surface area (Å²) in [7, 11) is -13.9. The first kappa shape index (κ1) is 26.6. The van der Waals surface area contributed by atoms with E-state index in [0.717, 1.165) is 0 Å². The van der Waals surface area contributed by atoms with Gasteiger partial charge in [-0.05, 0) is 6.92 Å². The first-order valence-electron chi connectivity index (χ1n) is 3.33. The van der Waals surface area contributed by atoms with Crippen molar-refractivity contribution < 1.29 is 57.7 Å². The zero-order chi connectivity index (χ0) is 16.2. The Hall–Kier alpha value is 0.0700. The molecule has 0 fully saturated rings. The van der Waals surface area contributed by atoms with Crippen LogP contribution in [0, 0.1) is 0 Å². The Labute approximate surface area is 102 Å². The van der Waals surface area contributed by atoms with Crippen LogP contribution in [-0.2, 0) is 13.7 Å². The van der Waals surface area contributed by atoms with Gasteiger partial charge in [-0.1, -0.05) is 6.08 Å². The SMILES string of the molecule is C=CC.O=P(O)(O)O.O=P(O)(O)O.O=P(O)(O)O. The highest BCUT2D eigenvalue weighted by Crippen LogP contribution is 2.26. The molecule has 0 saturated heterocycles. The predicted molar refractivity (Wildman–Crippen MR) is 58.7 cm³/mol. The molecule has 9 N–H and O–H groups in total. The minimum absolute atomic E-state index is 1.75. The van der Waals surface area contributed by atoms with Crippen molar-refractivity contribution in [1.29, 1.82) is 0 Å². The number of phosphoric acid groups is 3. The Bertz CT molecular complexity index is 245. The fourth-order valence-corrected chi connectivity index (χ4v) is 0. The van der Waals surface area contributed by atoms with E-state index in [1.165, 1.54) is 0 Å². The summed E-state index contributed by atoms with van der Waals surface area (Å²) in [4.78, 5) is 64.7. The molecule has 114 valence electrons. The molecule has 18 heavy (non-hydrogen) atoms. The third-order valence-electron chi connectivity index (χ3n) is 0. The van der Waals surface area contributed by atoms with E-state index >= 15 is 0 Å². The van der Waals surface area contributed by atoms with Crippen LogP contribution in [0.5, 0.6) is 0 Å². The second-order valence-corrected chi connectivity index (χ2v) is 5.03.